The minimum atomic E-state index is -0.349. The van der Waals surface area contributed by atoms with Crippen molar-refractivity contribution in [3.8, 4) is 5.75 Å². The summed E-state index contributed by atoms with van der Waals surface area (Å²) in [6.45, 7) is 0.313. The van der Waals surface area contributed by atoms with Crippen molar-refractivity contribution in [2.45, 2.75) is 12.8 Å². The van der Waals surface area contributed by atoms with Crippen LogP contribution in [0.2, 0.25) is 0 Å². The van der Waals surface area contributed by atoms with Crippen LogP contribution in [-0.2, 0) is 11.8 Å². The molecule has 1 N–H and O–H groups in total. The van der Waals surface area contributed by atoms with Crippen molar-refractivity contribution in [2.24, 2.45) is 7.05 Å². The zero-order valence-corrected chi connectivity index (χ0v) is 14.4. The topological polar surface area (TPSA) is 60.3 Å². The molecule has 1 amide bonds. The van der Waals surface area contributed by atoms with Crippen molar-refractivity contribution in [3.63, 3.8) is 0 Å². The highest BCUT2D eigenvalue weighted by atomic mass is 19.1. The summed E-state index contributed by atoms with van der Waals surface area (Å²) in [7, 11) is 1.72. The van der Waals surface area contributed by atoms with Gasteiger partial charge in [-0.2, -0.15) is 0 Å². The predicted molar refractivity (Wildman–Crippen MR) is 98.9 cm³/mol. The number of nitrogens with zero attached hydrogens (tertiary/aromatic N) is 1. The molecule has 5 nitrogen and oxygen atoms in total. The fourth-order valence-electron chi connectivity index (χ4n) is 2.67. The number of anilines is 1. The van der Waals surface area contributed by atoms with Crippen LogP contribution in [0.4, 0.5) is 10.1 Å². The van der Waals surface area contributed by atoms with Crippen molar-refractivity contribution in [1.29, 1.82) is 0 Å². The summed E-state index contributed by atoms with van der Waals surface area (Å²) in [5.74, 6) is -0.00527. The van der Waals surface area contributed by atoms with Gasteiger partial charge in [-0.25, -0.2) is 4.39 Å². The van der Waals surface area contributed by atoms with Gasteiger partial charge in [0.25, 0.3) is 5.56 Å². The van der Waals surface area contributed by atoms with E-state index in [-0.39, 0.29) is 23.7 Å². The Morgan fingerprint density at radius 1 is 1.15 bits per heavy atom. The van der Waals surface area contributed by atoms with Crippen LogP contribution < -0.4 is 15.6 Å². The predicted octanol–water partition coefficient (Wildman–Crippen LogP) is 3.48. The lowest BCUT2D eigenvalue weighted by Crippen LogP contribution is -2.17. The minimum Gasteiger partial charge on any atom is -0.493 e. The fraction of sp³-hybridized carbons (Fsp3) is 0.200. The molecule has 0 aliphatic heterocycles. The number of hydrogen-bond acceptors (Lipinski definition) is 3. The van der Waals surface area contributed by atoms with Crippen molar-refractivity contribution >= 4 is 22.5 Å². The molecule has 3 aromatic rings. The third kappa shape index (κ3) is 4.08. The van der Waals surface area contributed by atoms with E-state index in [1.54, 1.807) is 11.6 Å². The molecule has 0 fully saturated rings. The Balaban J connectivity index is 1.56. The zero-order chi connectivity index (χ0) is 18.5. The number of pyridine rings is 1. The molecule has 0 saturated carbocycles. The van der Waals surface area contributed by atoms with Gasteiger partial charge in [-0.05, 0) is 42.8 Å². The standard InChI is InChI=1S/C20H19FN2O3/c1-23-17-6-3-2-5-16(17)18(13-20(23)25)26-12-4-7-19(24)22-15-10-8-14(21)9-11-15/h2-3,5-6,8-11,13H,4,7,12H2,1H3,(H,22,24). The van der Waals surface area contributed by atoms with E-state index in [4.69, 9.17) is 4.74 Å². The number of benzene rings is 2. The molecule has 134 valence electrons. The normalized spacial score (nSPS) is 10.7. The highest BCUT2D eigenvalue weighted by molar-refractivity contribution is 5.90. The highest BCUT2D eigenvalue weighted by Gasteiger charge is 2.08. The lowest BCUT2D eigenvalue weighted by atomic mass is 10.2. The van der Waals surface area contributed by atoms with Crippen molar-refractivity contribution in [2.75, 3.05) is 11.9 Å². The second kappa shape index (κ2) is 7.82. The number of aryl methyl sites for hydroxylation is 1. The van der Waals surface area contributed by atoms with Crippen LogP contribution >= 0.6 is 0 Å². The first-order chi connectivity index (χ1) is 12.5. The molecule has 26 heavy (non-hydrogen) atoms. The number of hydrogen-bond donors (Lipinski definition) is 1. The maximum Gasteiger partial charge on any atom is 0.254 e. The molecule has 0 saturated heterocycles. The van der Waals surface area contributed by atoms with Crippen LogP contribution in [-0.4, -0.2) is 17.1 Å². The summed E-state index contributed by atoms with van der Waals surface area (Å²) in [5, 5.41) is 3.55. The molecule has 1 heterocycles. The molecular formula is C20H19FN2O3. The van der Waals surface area contributed by atoms with Crippen LogP contribution in [0.5, 0.6) is 5.75 Å². The molecule has 3 rings (SSSR count). The minimum absolute atomic E-state index is 0.146. The largest absolute Gasteiger partial charge is 0.493 e. The van der Waals surface area contributed by atoms with Gasteiger partial charge in [0.05, 0.1) is 12.1 Å². The number of amides is 1. The molecule has 0 aliphatic rings. The van der Waals surface area contributed by atoms with E-state index < -0.39 is 0 Å². The molecule has 0 aliphatic carbocycles. The first-order valence-corrected chi connectivity index (χ1v) is 8.31. The number of nitrogens with one attached hydrogen (secondary N) is 1. The molecule has 0 bridgehead atoms. The second-order valence-electron chi connectivity index (χ2n) is 5.93. The fourth-order valence-corrected chi connectivity index (χ4v) is 2.67. The summed E-state index contributed by atoms with van der Waals surface area (Å²) >= 11 is 0. The van der Waals surface area contributed by atoms with Crippen LogP contribution in [0.25, 0.3) is 10.9 Å². The smallest absolute Gasteiger partial charge is 0.254 e. The van der Waals surface area contributed by atoms with Gasteiger partial charge < -0.3 is 14.6 Å². The Labute approximate surface area is 150 Å². The number of ether oxygens (including phenoxy) is 1. The molecule has 1 aromatic heterocycles. The Morgan fingerprint density at radius 2 is 1.88 bits per heavy atom. The number of para-hydroxylation sites is 1. The summed E-state index contributed by atoms with van der Waals surface area (Å²) in [6, 6.07) is 14.6. The Kier molecular flexibility index (Phi) is 5.31. The Hall–Kier alpha value is -3.15. The SMILES string of the molecule is Cn1c(=O)cc(OCCCC(=O)Nc2ccc(F)cc2)c2ccccc21. The van der Waals surface area contributed by atoms with Crippen molar-refractivity contribution in [3.05, 3.63) is 70.8 Å². The monoisotopic (exact) mass is 354 g/mol. The Bertz CT molecular complexity index is 981. The molecule has 0 radical (unpaired) electrons. The molecule has 0 unspecified atom stereocenters. The van der Waals surface area contributed by atoms with E-state index in [1.807, 2.05) is 24.3 Å². The number of rotatable bonds is 6. The lowest BCUT2D eigenvalue weighted by molar-refractivity contribution is -0.116. The first kappa shape index (κ1) is 17.7. The van der Waals surface area contributed by atoms with E-state index in [9.17, 15) is 14.0 Å². The number of carbonyl (C=O) groups excluding carboxylic acids is 1. The van der Waals surface area contributed by atoms with Crippen LogP contribution in [0.1, 0.15) is 12.8 Å². The maximum atomic E-state index is 12.8. The van der Waals surface area contributed by atoms with E-state index in [2.05, 4.69) is 5.32 Å². The van der Waals surface area contributed by atoms with Gasteiger partial charge in [0, 0.05) is 30.6 Å². The van der Waals surface area contributed by atoms with Gasteiger partial charge in [-0.3, -0.25) is 9.59 Å². The van der Waals surface area contributed by atoms with Gasteiger partial charge in [0.2, 0.25) is 5.91 Å². The van der Waals surface area contributed by atoms with Gasteiger partial charge in [0.1, 0.15) is 11.6 Å². The van der Waals surface area contributed by atoms with Crippen LogP contribution in [0.15, 0.2) is 59.4 Å². The van der Waals surface area contributed by atoms with Crippen molar-refractivity contribution < 1.29 is 13.9 Å². The van der Waals surface area contributed by atoms with E-state index in [0.717, 1.165) is 10.9 Å². The van der Waals surface area contributed by atoms with Crippen LogP contribution in [0, 0.1) is 5.82 Å². The maximum absolute atomic E-state index is 12.8. The molecular weight excluding hydrogens is 335 g/mol. The van der Waals surface area contributed by atoms with E-state index >= 15 is 0 Å². The number of fused-ring (bicyclic) bond motifs is 1. The summed E-state index contributed by atoms with van der Waals surface area (Å²) in [4.78, 5) is 23.9. The summed E-state index contributed by atoms with van der Waals surface area (Å²) in [5.41, 5.74) is 1.20. The van der Waals surface area contributed by atoms with Gasteiger partial charge in [0.15, 0.2) is 0 Å². The lowest BCUT2D eigenvalue weighted by Gasteiger charge is -2.11. The average molecular weight is 354 g/mol. The summed E-state index contributed by atoms with van der Waals surface area (Å²) in [6.07, 6.45) is 0.761. The number of aromatic nitrogens is 1. The van der Waals surface area contributed by atoms with Gasteiger partial charge in [-0.1, -0.05) is 12.1 Å². The molecule has 6 heteroatoms. The van der Waals surface area contributed by atoms with E-state index in [1.165, 1.54) is 30.3 Å². The third-order valence-corrected chi connectivity index (χ3v) is 4.05. The van der Waals surface area contributed by atoms with E-state index in [0.29, 0.717) is 24.5 Å². The first-order valence-electron chi connectivity index (χ1n) is 8.31. The third-order valence-electron chi connectivity index (χ3n) is 4.05. The number of halogens is 1. The summed E-state index contributed by atoms with van der Waals surface area (Å²) < 4.78 is 20.1. The molecule has 0 atom stereocenters. The highest BCUT2D eigenvalue weighted by Crippen LogP contribution is 2.23. The van der Waals surface area contributed by atoms with Crippen molar-refractivity contribution in [1.82, 2.24) is 4.57 Å². The number of carbonyl (C=O) groups is 1. The Morgan fingerprint density at radius 3 is 2.65 bits per heavy atom. The van der Waals surface area contributed by atoms with Crippen LogP contribution in [0.3, 0.4) is 0 Å². The quantitative estimate of drug-likeness (QED) is 0.690. The van der Waals surface area contributed by atoms with Gasteiger partial charge >= 0.3 is 0 Å². The average Bonchev–Trinajstić information content (AvgIpc) is 2.64. The zero-order valence-electron chi connectivity index (χ0n) is 14.4. The molecule has 2 aromatic carbocycles. The van der Waals surface area contributed by atoms with Gasteiger partial charge in [-0.15, -0.1) is 0 Å². The molecule has 0 spiro atoms. The second-order valence-corrected chi connectivity index (χ2v) is 5.93.